The van der Waals surface area contributed by atoms with E-state index in [0.29, 0.717) is 12.8 Å². The Morgan fingerprint density at radius 2 is 1.76 bits per heavy atom. The van der Waals surface area contributed by atoms with Gasteiger partial charge in [0.25, 0.3) is 0 Å². The van der Waals surface area contributed by atoms with Crippen LogP contribution in [0.25, 0.3) is 0 Å². The predicted octanol–water partition coefficient (Wildman–Crippen LogP) is 1.90. The number of hydrogen-bond donors (Lipinski definition) is 0. The molecular formula is C16H20N4O. The monoisotopic (exact) mass is 284 g/mol. The van der Waals surface area contributed by atoms with Crippen LogP contribution in [-0.4, -0.2) is 38.8 Å². The number of carbonyl (C=O) groups is 1. The van der Waals surface area contributed by atoms with Gasteiger partial charge in [0.15, 0.2) is 0 Å². The predicted molar refractivity (Wildman–Crippen MR) is 80.5 cm³/mol. The number of hydrogen-bond acceptors (Lipinski definition) is 4. The van der Waals surface area contributed by atoms with Crippen molar-refractivity contribution in [3.05, 3.63) is 54.4 Å². The van der Waals surface area contributed by atoms with Crippen molar-refractivity contribution in [3.8, 4) is 0 Å². The molecule has 2 heterocycles. The normalized spacial score (nSPS) is 10.3. The Balaban J connectivity index is 1.81. The van der Waals surface area contributed by atoms with Gasteiger partial charge in [0.1, 0.15) is 6.33 Å². The number of aryl methyl sites for hydroxylation is 1. The number of nitrogens with zero attached hydrogens (tertiary/aromatic N) is 4. The maximum absolute atomic E-state index is 12.2. The molecule has 21 heavy (non-hydrogen) atoms. The second-order valence-corrected chi connectivity index (χ2v) is 4.83. The molecule has 0 fully saturated rings. The fraction of sp³-hybridized carbons (Fsp3) is 0.375. The highest BCUT2D eigenvalue weighted by molar-refractivity contribution is 5.76. The van der Waals surface area contributed by atoms with Gasteiger partial charge in [-0.15, -0.1) is 0 Å². The van der Waals surface area contributed by atoms with Gasteiger partial charge in [-0.1, -0.05) is 0 Å². The van der Waals surface area contributed by atoms with Gasteiger partial charge in [-0.25, -0.2) is 9.97 Å². The summed E-state index contributed by atoms with van der Waals surface area (Å²) in [5.74, 6) is 0.176. The largest absolute Gasteiger partial charge is 0.343 e. The summed E-state index contributed by atoms with van der Waals surface area (Å²) in [6.07, 6.45) is 10.6. The Labute approximate surface area is 125 Å². The standard InChI is InChI=1S/C16H20N4O/c1-2-20(10-7-14-5-8-17-9-6-14)16(21)4-3-15-11-18-13-19-12-15/h5-6,8-9,11-13H,2-4,7,10H2,1H3. The van der Waals surface area contributed by atoms with Crippen LogP contribution in [0.5, 0.6) is 0 Å². The van der Waals surface area contributed by atoms with Gasteiger partial charge in [0, 0.05) is 44.3 Å². The summed E-state index contributed by atoms with van der Waals surface area (Å²) in [6.45, 7) is 3.48. The molecule has 2 rings (SSSR count). The average Bonchev–Trinajstić information content (AvgIpc) is 2.55. The van der Waals surface area contributed by atoms with Gasteiger partial charge in [-0.3, -0.25) is 9.78 Å². The molecule has 5 nitrogen and oxygen atoms in total. The topological polar surface area (TPSA) is 59.0 Å². The van der Waals surface area contributed by atoms with Gasteiger partial charge in [0.05, 0.1) is 0 Å². The number of carbonyl (C=O) groups excluding carboxylic acids is 1. The maximum atomic E-state index is 12.2. The van der Waals surface area contributed by atoms with E-state index in [1.54, 1.807) is 24.8 Å². The molecule has 0 aliphatic rings. The first-order chi connectivity index (χ1) is 10.3. The van der Waals surface area contributed by atoms with Crippen molar-refractivity contribution in [2.45, 2.75) is 26.2 Å². The van der Waals surface area contributed by atoms with Gasteiger partial charge in [-0.05, 0) is 43.0 Å². The third kappa shape index (κ3) is 4.95. The molecule has 0 bridgehead atoms. The third-order valence-corrected chi connectivity index (χ3v) is 3.40. The molecule has 1 amide bonds. The third-order valence-electron chi connectivity index (χ3n) is 3.40. The van der Waals surface area contributed by atoms with Crippen LogP contribution in [0.4, 0.5) is 0 Å². The molecule has 110 valence electrons. The number of aromatic nitrogens is 3. The highest BCUT2D eigenvalue weighted by Gasteiger charge is 2.11. The molecule has 0 aromatic carbocycles. The molecule has 0 N–H and O–H groups in total. The molecule has 0 aliphatic carbocycles. The Hall–Kier alpha value is -2.30. The lowest BCUT2D eigenvalue weighted by atomic mass is 10.1. The maximum Gasteiger partial charge on any atom is 0.222 e. The fourth-order valence-electron chi connectivity index (χ4n) is 2.14. The lowest BCUT2D eigenvalue weighted by molar-refractivity contribution is -0.130. The second kappa shape index (κ2) is 8.09. The van der Waals surface area contributed by atoms with Crippen molar-refractivity contribution >= 4 is 5.91 Å². The van der Waals surface area contributed by atoms with Gasteiger partial charge in [0.2, 0.25) is 5.91 Å². The van der Waals surface area contributed by atoms with E-state index < -0.39 is 0 Å². The zero-order valence-electron chi connectivity index (χ0n) is 12.3. The first kappa shape index (κ1) is 15.1. The quantitative estimate of drug-likeness (QED) is 0.779. The first-order valence-electron chi connectivity index (χ1n) is 7.20. The molecule has 2 aromatic rings. The van der Waals surface area contributed by atoms with Crippen molar-refractivity contribution in [1.82, 2.24) is 19.9 Å². The van der Waals surface area contributed by atoms with Crippen LogP contribution in [0.2, 0.25) is 0 Å². The van der Waals surface area contributed by atoms with Crippen molar-refractivity contribution in [2.24, 2.45) is 0 Å². The zero-order chi connectivity index (χ0) is 14.9. The molecule has 5 heteroatoms. The van der Waals surface area contributed by atoms with Crippen LogP contribution in [-0.2, 0) is 17.6 Å². The molecule has 0 atom stereocenters. The highest BCUT2D eigenvalue weighted by atomic mass is 16.2. The van der Waals surface area contributed by atoms with Crippen LogP contribution in [0, 0.1) is 0 Å². The minimum absolute atomic E-state index is 0.176. The molecule has 0 radical (unpaired) electrons. The fourth-order valence-corrected chi connectivity index (χ4v) is 2.14. The van der Waals surface area contributed by atoms with E-state index >= 15 is 0 Å². The van der Waals surface area contributed by atoms with E-state index in [4.69, 9.17) is 0 Å². The Kier molecular flexibility index (Phi) is 5.82. The summed E-state index contributed by atoms with van der Waals surface area (Å²) in [7, 11) is 0. The summed E-state index contributed by atoms with van der Waals surface area (Å²) in [5, 5.41) is 0. The van der Waals surface area contributed by atoms with E-state index in [-0.39, 0.29) is 5.91 Å². The van der Waals surface area contributed by atoms with Crippen molar-refractivity contribution < 1.29 is 4.79 Å². The van der Waals surface area contributed by atoms with E-state index in [0.717, 1.165) is 25.1 Å². The van der Waals surface area contributed by atoms with Crippen molar-refractivity contribution in [3.63, 3.8) is 0 Å². The Bertz CT molecular complexity index is 545. The molecular weight excluding hydrogens is 264 g/mol. The summed E-state index contributed by atoms with van der Waals surface area (Å²) < 4.78 is 0. The number of amides is 1. The smallest absolute Gasteiger partial charge is 0.222 e. The van der Waals surface area contributed by atoms with E-state index in [1.807, 2.05) is 24.0 Å². The van der Waals surface area contributed by atoms with Gasteiger partial charge < -0.3 is 4.90 Å². The summed E-state index contributed by atoms with van der Waals surface area (Å²) in [4.78, 5) is 26.1. The first-order valence-corrected chi connectivity index (χ1v) is 7.20. The van der Waals surface area contributed by atoms with E-state index in [2.05, 4.69) is 15.0 Å². The summed E-state index contributed by atoms with van der Waals surface area (Å²) in [5.41, 5.74) is 2.20. The molecule has 0 spiro atoms. The SMILES string of the molecule is CCN(CCc1ccncc1)C(=O)CCc1cncnc1. The minimum Gasteiger partial charge on any atom is -0.343 e. The Morgan fingerprint density at radius 1 is 1.05 bits per heavy atom. The van der Waals surface area contributed by atoms with Gasteiger partial charge >= 0.3 is 0 Å². The molecule has 0 unspecified atom stereocenters. The minimum atomic E-state index is 0.176. The van der Waals surface area contributed by atoms with Crippen LogP contribution < -0.4 is 0 Å². The van der Waals surface area contributed by atoms with Crippen LogP contribution in [0.15, 0.2) is 43.2 Å². The van der Waals surface area contributed by atoms with Crippen LogP contribution in [0.1, 0.15) is 24.5 Å². The lowest BCUT2D eigenvalue weighted by Crippen LogP contribution is -2.32. The van der Waals surface area contributed by atoms with Crippen molar-refractivity contribution in [1.29, 1.82) is 0 Å². The lowest BCUT2D eigenvalue weighted by Gasteiger charge is -2.21. The molecule has 0 saturated carbocycles. The zero-order valence-corrected chi connectivity index (χ0v) is 12.3. The Morgan fingerprint density at radius 3 is 2.43 bits per heavy atom. The molecule has 0 saturated heterocycles. The van der Waals surface area contributed by atoms with Crippen LogP contribution >= 0.6 is 0 Å². The average molecular weight is 284 g/mol. The van der Waals surface area contributed by atoms with E-state index in [1.165, 1.54) is 11.9 Å². The summed E-state index contributed by atoms with van der Waals surface area (Å²) in [6, 6.07) is 3.97. The number of pyridine rings is 1. The van der Waals surface area contributed by atoms with Gasteiger partial charge in [-0.2, -0.15) is 0 Å². The molecule has 0 aliphatic heterocycles. The van der Waals surface area contributed by atoms with E-state index in [9.17, 15) is 4.79 Å². The molecule has 2 aromatic heterocycles. The van der Waals surface area contributed by atoms with Crippen LogP contribution in [0.3, 0.4) is 0 Å². The summed E-state index contributed by atoms with van der Waals surface area (Å²) >= 11 is 0. The number of likely N-dealkylation sites (N-methyl/N-ethyl adjacent to an activating group) is 1. The van der Waals surface area contributed by atoms with Crippen molar-refractivity contribution in [2.75, 3.05) is 13.1 Å². The highest BCUT2D eigenvalue weighted by Crippen LogP contribution is 2.05. The number of rotatable bonds is 7. The second-order valence-electron chi connectivity index (χ2n) is 4.83.